The monoisotopic (exact) mass is 576 g/mol. The predicted molar refractivity (Wildman–Crippen MR) is 159 cm³/mol. The van der Waals surface area contributed by atoms with Gasteiger partial charge in [-0.3, -0.25) is 14.9 Å². The molecule has 1 heterocycles. The van der Waals surface area contributed by atoms with Gasteiger partial charge in [0.25, 0.3) is 11.8 Å². The fraction of sp³-hybridized carbons (Fsp3) is 0.281. The number of urea groups is 1. The quantitative estimate of drug-likeness (QED) is 0.155. The van der Waals surface area contributed by atoms with Crippen molar-refractivity contribution in [3.8, 4) is 17.2 Å². The molecule has 4 rings (SSSR count). The van der Waals surface area contributed by atoms with E-state index >= 15 is 0 Å². The summed E-state index contributed by atoms with van der Waals surface area (Å²) in [6, 6.07) is 17.2. The average molecular weight is 577 g/mol. The molecule has 3 aromatic rings. The molecule has 0 aliphatic carbocycles. The number of hydrogen-bond acceptors (Lipinski definition) is 6. The van der Waals surface area contributed by atoms with Crippen LogP contribution in [-0.4, -0.2) is 37.7 Å². The van der Waals surface area contributed by atoms with Crippen molar-refractivity contribution in [2.24, 2.45) is 0 Å². The summed E-state index contributed by atoms with van der Waals surface area (Å²) in [5.74, 6) is 0.360. The molecule has 0 spiro atoms. The van der Waals surface area contributed by atoms with Crippen LogP contribution >= 0.6 is 11.6 Å². The molecule has 1 fully saturated rings. The van der Waals surface area contributed by atoms with Gasteiger partial charge in [0, 0.05) is 0 Å². The molecule has 0 radical (unpaired) electrons. The Kier molecular flexibility index (Phi) is 9.68. The number of hydrogen-bond donors (Lipinski definition) is 1. The summed E-state index contributed by atoms with van der Waals surface area (Å²) in [4.78, 5) is 39.3. The van der Waals surface area contributed by atoms with Gasteiger partial charge >= 0.3 is 6.03 Å². The van der Waals surface area contributed by atoms with Crippen molar-refractivity contribution < 1.29 is 28.6 Å². The Labute approximate surface area is 244 Å². The number of rotatable bonds is 11. The molecule has 41 heavy (non-hydrogen) atoms. The molecule has 8 nitrogen and oxygen atoms in total. The number of anilines is 1. The van der Waals surface area contributed by atoms with Crippen LogP contribution in [0.2, 0.25) is 5.02 Å². The molecule has 1 atom stereocenters. The Morgan fingerprint density at radius 2 is 1.61 bits per heavy atom. The van der Waals surface area contributed by atoms with E-state index in [0.29, 0.717) is 35.3 Å². The second-order valence-electron chi connectivity index (χ2n) is 9.63. The second-order valence-corrected chi connectivity index (χ2v) is 10.0. The van der Waals surface area contributed by atoms with Crippen LogP contribution in [0.15, 0.2) is 66.2 Å². The highest BCUT2D eigenvalue weighted by molar-refractivity contribution is 6.39. The maximum Gasteiger partial charge on any atom is 0.335 e. The first-order valence-electron chi connectivity index (χ1n) is 13.5. The third kappa shape index (κ3) is 7.08. The summed E-state index contributed by atoms with van der Waals surface area (Å²) >= 11 is 6.55. The van der Waals surface area contributed by atoms with Gasteiger partial charge in [-0.1, -0.05) is 55.3 Å². The number of ether oxygens (including phenoxy) is 3. The average Bonchev–Trinajstić information content (AvgIpc) is 2.95. The number of imide groups is 2. The van der Waals surface area contributed by atoms with E-state index < -0.39 is 17.8 Å². The lowest BCUT2D eigenvalue weighted by molar-refractivity contribution is -0.122. The first kappa shape index (κ1) is 29.7. The molecule has 0 saturated carbocycles. The fourth-order valence-corrected chi connectivity index (χ4v) is 4.53. The van der Waals surface area contributed by atoms with Crippen molar-refractivity contribution in [2.75, 3.05) is 24.7 Å². The van der Waals surface area contributed by atoms with Gasteiger partial charge in [0.15, 0.2) is 11.5 Å². The topological polar surface area (TPSA) is 94.2 Å². The summed E-state index contributed by atoms with van der Waals surface area (Å²) in [5, 5.41) is 2.46. The summed E-state index contributed by atoms with van der Waals surface area (Å²) in [6.45, 7) is 8.89. The van der Waals surface area contributed by atoms with Gasteiger partial charge in [0.1, 0.15) is 24.5 Å². The summed E-state index contributed by atoms with van der Waals surface area (Å²) in [5.41, 5.74) is 2.79. The molecule has 0 aromatic heterocycles. The Morgan fingerprint density at radius 1 is 0.927 bits per heavy atom. The van der Waals surface area contributed by atoms with E-state index in [9.17, 15) is 14.4 Å². The van der Waals surface area contributed by atoms with Crippen molar-refractivity contribution >= 4 is 41.2 Å². The fourth-order valence-electron chi connectivity index (χ4n) is 4.26. The minimum atomic E-state index is -0.813. The number of carbonyl (C=O) groups excluding carboxylic acids is 3. The molecule has 0 unspecified atom stereocenters. The van der Waals surface area contributed by atoms with Crippen LogP contribution in [0.4, 0.5) is 10.5 Å². The van der Waals surface area contributed by atoms with E-state index in [1.54, 1.807) is 36.4 Å². The van der Waals surface area contributed by atoms with Crippen LogP contribution < -0.4 is 24.4 Å². The number of nitrogens with zero attached hydrogens (tertiary/aromatic N) is 1. The summed E-state index contributed by atoms with van der Waals surface area (Å²) in [7, 11) is 0. The second kappa shape index (κ2) is 13.4. The number of halogens is 1. The molecular weight excluding hydrogens is 544 g/mol. The van der Waals surface area contributed by atoms with Gasteiger partial charge < -0.3 is 14.2 Å². The van der Waals surface area contributed by atoms with Crippen molar-refractivity contribution in [3.63, 3.8) is 0 Å². The molecule has 1 aliphatic rings. The minimum absolute atomic E-state index is 0.210. The minimum Gasteiger partial charge on any atom is -0.490 e. The Balaban J connectivity index is 1.49. The van der Waals surface area contributed by atoms with Crippen molar-refractivity contribution in [1.29, 1.82) is 0 Å². The zero-order chi connectivity index (χ0) is 29.5. The predicted octanol–water partition coefficient (Wildman–Crippen LogP) is 6.68. The SMILES string of the molecule is CCOc1cc(/C=C2/C(=O)NC(=O)N(c3ccc(C)cc3)C2=O)cc(Cl)c1OCCOc1ccc([C@@H](C)CC)cc1. The van der Waals surface area contributed by atoms with Crippen LogP contribution in [0.25, 0.3) is 6.08 Å². The maximum absolute atomic E-state index is 13.2. The lowest BCUT2D eigenvalue weighted by atomic mass is 9.99. The summed E-state index contributed by atoms with van der Waals surface area (Å²) in [6.07, 6.45) is 2.44. The Bertz CT molecular complexity index is 1450. The molecule has 4 amide bonds. The van der Waals surface area contributed by atoms with Gasteiger partial charge in [-0.2, -0.15) is 0 Å². The van der Waals surface area contributed by atoms with E-state index in [1.807, 2.05) is 26.0 Å². The molecule has 3 aromatic carbocycles. The van der Waals surface area contributed by atoms with Crippen LogP contribution in [-0.2, 0) is 9.59 Å². The number of benzene rings is 3. The van der Waals surface area contributed by atoms with E-state index in [4.69, 9.17) is 25.8 Å². The van der Waals surface area contributed by atoms with Gasteiger partial charge in [-0.25, -0.2) is 9.69 Å². The number of amides is 4. The molecule has 214 valence electrons. The number of aryl methyl sites for hydroxylation is 1. The van der Waals surface area contributed by atoms with Crippen LogP contribution in [0.1, 0.15) is 49.8 Å². The van der Waals surface area contributed by atoms with Gasteiger partial charge in [0.2, 0.25) is 0 Å². The summed E-state index contributed by atoms with van der Waals surface area (Å²) < 4.78 is 17.5. The number of nitrogens with one attached hydrogen (secondary N) is 1. The van der Waals surface area contributed by atoms with Gasteiger partial charge in [-0.05, 0) is 79.8 Å². The molecule has 1 N–H and O–H groups in total. The molecule has 9 heteroatoms. The number of carbonyl (C=O) groups is 3. The molecule has 1 saturated heterocycles. The zero-order valence-corrected chi connectivity index (χ0v) is 24.3. The van der Waals surface area contributed by atoms with Crippen LogP contribution in [0, 0.1) is 6.92 Å². The standard InChI is InChI=1S/C32H33ClN2O6/c1-5-21(4)23-9-13-25(14-10-23)40-15-16-41-29-27(33)18-22(19-28(29)39-6-2)17-26-30(36)34-32(38)35(31(26)37)24-11-7-20(3)8-12-24/h7-14,17-19,21H,5-6,15-16H2,1-4H3,(H,34,36,38)/b26-17-/t21-/m0/s1. The molecule has 1 aliphatic heterocycles. The highest BCUT2D eigenvalue weighted by Gasteiger charge is 2.36. The van der Waals surface area contributed by atoms with Crippen molar-refractivity contribution in [3.05, 3.63) is 87.9 Å². The lowest BCUT2D eigenvalue weighted by Gasteiger charge is -2.26. The number of barbiturate groups is 1. The Hall–Kier alpha value is -4.30. The third-order valence-electron chi connectivity index (χ3n) is 6.70. The van der Waals surface area contributed by atoms with E-state index in [2.05, 4.69) is 31.3 Å². The van der Waals surface area contributed by atoms with Gasteiger partial charge in [0.05, 0.1) is 17.3 Å². The molecule has 0 bridgehead atoms. The highest BCUT2D eigenvalue weighted by Crippen LogP contribution is 2.37. The van der Waals surface area contributed by atoms with Crippen molar-refractivity contribution in [2.45, 2.75) is 40.0 Å². The van der Waals surface area contributed by atoms with Crippen molar-refractivity contribution in [1.82, 2.24) is 5.32 Å². The van der Waals surface area contributed by atoms with Gasteiger partial charge in [-0.15, -0.1) is 0 Å². The van der Waals surface area contributed by atoms with E-state index in [0.717, 1.165) is 22.6 Å². The normalized spacial score (nSPS) is 15.1. The first-order chi connectivity index (χ1) is 19.7. The van der Waals surface area contributed by atoms with Crippen LogP contribution in [0.3, 0.4) is 0 Å². The first-order valence-corrected chi connectivity index (χ1v) is 13.9. The zero-order valence-electron chi connectivity index (χ0n) is 23.5. The lowest BCUT2D eigenvalue weighted by Crippen LogP contribution is -2.54. The maximum atomic E-state index is 13.2. The molecular formula is C32H33ClN2O6. The van der Waals surface area contributed by atoms with E-state index in [-0.39, 0.29) is 23.8 Å². The Morgan fingerprint density at radius 3 is 2.27 bits per heavy atom. The highest BCUT2D eigenvalue weighted by atomic mass is 35.5. The van der Waals surface area contributed by atoms with Crippen LogP contribution in [0.5, 0.6) is 17.2 Å². The smallest absolute Gasteiger partial charge is 0.335 e. The third-order valence-corrected chi connectivity index (χ3v) is 6.98. The largest absolute Gasteiger partial charge is 0.490 e. The van der Waals surface area contributed by atoms with E-state index in [1.165, 1.54) is 11.6 Å².